The number of nitrogens with zero attached hydrogens (tertiary/aromatic N) is 2. The summed E-state index contributed by atoms with van der Waals surface area (Å²) >= 11 is 0. The van der Waals surface area contributed by atoms with Crippen molar-refractivity contribution in [2.45, 2.75) is 0 Å². The highest BCUT2D eigenvalue weighted by atomic mass is 16.5. The quantitative estimate of drug-likeness (QED) is 0.144. The molecule has 282 valence electrons. The van der Waals surface area contributed by atoms with Crippen molar-refractivity contribution in [3.05, 3.63) is 158 Å². The van der Waals surface area contributed by atoms with Gasteiger partial charge in [0.25, 0.3) is 13.4 Å². The van der Waals surface area contributed by atoms with E-state index in [-0.39, 0.29) is 13.4 Å². The Kier molecular flexibility index (Phi) is 5.11. The molecule has 0 saturated heterocycles. The molecule has 6 nitrogen and oxygen atoms in total. The fraction of sp³-hybridized carbons (Fsp3) is 0. The summed E-state index contributed by atoms with van der Waals surface area (Å²) in [4.78, 5) is 0. The van der Waals surface area contributed by atoms with E-state index in [0.717, 1.165) is 89.2 Å². The molecule has 8 heteroatoms. The molecule has 13 aromatic rings. The van der Waals surface area contributed by atoms with Gasteiger partial charge in [0, 0.05) is 60.8 Å². The summed E-state index contributed by atoms with van der Waals surface area (Å²) in [5.41, 5.74) is 17.9. The van der Waals surface area contributed by atoms with Gasteiger partial charge in [-0.25, -0.2) is 0 Å². The van der Waals surface area contributed by atoms with Gasteiger partial charge in [0.1, 0.15) is 45.3 Å². The maximum absolute atomic E-state index is 7.02. The number of hydrogen-bond acceptors (Lipinski definition) is 4. The van der Waals surface area contributed by atoms with Gasteiger partial charge in [0.2, 0.25) is 0 Å². The molecule has 9 aromatic carbocycles. The number of aromatic nitrogens is 2. The van der Waals surface area contributed by atoms with E-state index in [9.17, 15) is 0 Å². The predicted octanol–water partition coefficient (Wildman–Crippen LogP) is 9.55. The summed E-state index contributed by atoms with van der Waals surface area (Å²) in [6.07, 6.45) is 0. The van der Waals surface area contributed by atoms with Crippen molar-refractivity contribution in [3.63, 3.8) is 0 Å². The molecule has 62 heavy (non-hydrogen) atoms. The fourth-order valence-corrected chi connectivity index (χ4v) is 12.4. The third-order valence-corrected chi connectivity index (χ3v) is 14.6. The average molecular weight is 788 g/mol. The zero-order valence-corrected chi connectivity index (χ0v) is 32.7. The molecule has 0 fully saturated rings. The van der Waals surface area contributed by atoms with Crippen molar-refractivity contribution < 1.29 is 18.3 Å². The fourth-order valence-electron chi connectivity index (χ4n) is 12.4. The molecule has 4 aromatic heterocycles. The average Bonchev–Trinajstić information content (AvgIpc) is 4.07. The van der Waals surface area contributed by atoms with Crippen LogP contribution in [0.2, 0.25) is 0 Å². The van der Waals surface area contributed by atoms with Crippen LogP contribution >= 0.6 is 0 Å². The molecule has 0 bridgehead atoms. The normalized spacial score (nSPS) is 14.0. The first-order chi connectivity index (χ1) is 30.8. The van der Waals surface area contributed by atoms with Gasteiger partial charge in [-0.15, -0.1) is 0 Å². The topological polar surface area (TPSA) is 54.6 Å². The van der Waals surface area contributed by atoms with Crippen LogP contribution in [-0.4, -0.2) is 22.6 Å². The SMILES string of the molecule is c1cc2c3c(c1)-n1c4c(cccc4c4ccc5oc6ccccc6c5c41)B3c1cc3c(cc1O2)Oc1cccc2c1B3c1cccc3c4ccc5oc6ccccc6c5c4n-2c13. The Hall–Kier alpha value is -8.09. The van der Waals surface area contributed by atoms with Crippen molar-refractivity contribution in [3.8, 4) is 34.4 Å². The summed E-state index contributed by atoms with van der Waals surface area (Å²) in [5, 5.41) is 9.43. The van der Waals surface area contributed by atoms with Gasteiger partial charge >= 0.3 is 0 Å². The maximum atomic E-state index is 7.02. The summed E-state index contributed by atoms with van der Waals surface area (Å²) in [6, 6.07) is 56.8. The van der Waals surface area contributed by atoms with Crippen LogP contribution in [0.15, 0.2) is 167 Å². The molecule has 0 saturated carbocycles. The summed E-state index contributed by atoms with van der Waals surface area (Å²) in [5.74, 6) is 3.41. The Bertz CT molecular complexity index is 4050. The number of hydrogen-bond donors (Lipinski definition) is 0. The molecule has 0 N–H and O–H groups in total. The lowest BCUT2D eigenvalue weighted by Crippen LogP contribution is -2.62. The van der Waals surface area contributed by atoms with Crippen LogP contribution in [0.4, 0.5) is 0 Å². The van der Waals surface area contributed by atoms with Crippen LogP contribution in [-0.2, 0) is 0 Å². The first-order valence-corrected chi connectivity index (χ1v) is 21.3. The Morgan fingerprint density at radius 1 is 0.323 bits per heavy atom. The van der Waals surface area contributed by atoms with Crippen molar-refractivity contribution in [2.75, 3.05) is 0 Å². The van der Waals surface area contributed by atoms with Crippen molar-refractivity contribution in [1.82, 2.24) is 9.13 Å². The van der Waals surface area contributed by atoms with E-state index in [0.29, 0.717) is 0 Å². The van der Waals surface area contributed by atoms with Crippen molar-refractivity contribution in [1.29, 1.82) is 0 Å². The monoisotopic (exact) mass is 788 g/mol. The third-order valence-electron chi connectivity index (χ3n) is 14.6. The molecule has 8 heterocycles. The standard InChI is InChI=1S/C54H26B2N2O4/c1-3-17-39-31(9-1)47-41(59-39)23-21-29-27-11-5-13-33-51(27)57(53(29)47)37-15-7-19-43-49(37)55(33)35-25-36-46(26-45(35)61-43)62-44-20-8-16-38-50(44)56(36)34-14-6-12-28-30-22-24-42-48(54(30)58(38)52(28)34)32-10-2-4-18-40(32)60-42/h1-26H. The van der Waals surface area contributed by atoms with Crippen LogP contribution in [0.3, 0.4) is 0 Å². The molecular weight excluding hydrogens is 762 g/mol. The molecule has 0 unspecified atom stereocenters. The van der Waals surface area contributed by atoms with E-state index in [1.54, 1.807) is 0 Å². The van der Waals surface area contributed by atoms with Crippen LogP contribution < -0.4 is 42.3 Å². The van der Waals surface area contributed by atoms with E-state index in [2.05, 4.69) is 155 Å². The summed E-state index contributed by atoms with van der Waals surface area (Å²) in [6.45, 7) is -0.116. The van der Waals surface area contributed by atoms with Gasteiger partial charge in [0.05, 0.1) is 21.8 Å². The van der Waals surface area contributed by atoms with Crippen molar-refractivity contribution >= 4 is 134 Å². The second kappa shape index (κ2) is 10.3. The Morgan fingerprint density at radius 3 is 1.29 bits per heavy atom. The van der Waals surface area contributed by atoms with Gasteiger partial charge in [-0.3, -0.25) is 0 Å². The largest absolute Gasteiger partial charge is 0.458 e. The smallest absolute Gasteiger partial charge is 0.256 e. The zero-order valence-electron chi connectivity index (χ0n) is 32.7. The van der Waals surface area contributed by atoms with E-state index in [1.165, 1.54) is 65.5 Å². The third kappa shape index (κ3) is 3.37. The second-order valence-corrected chi connectivity index (χ2v) is 17.4. The second-order valence-electron chi connectivity index (χ2n) is 17.4. The number of rotatable bonds is 0. The highest BCUT2D eigenvalue weighted by Crippen LogP contribution is 2.45. The Labute approximate surface area is 351 Å². The molecular formula is C54H26B2N2O4. The van der Waals surface area contributed by atoms with Crippen LogP contribution in [0.1, 0.15) is 0 Å². The lowest BCUT2D eigenvalue weighted by molar-refractivity contribution is 0.465. The van der Waals surface area contributed by atoms with E-state index >= 15 is 0 Å². The number of ether oxygens (including phenoxy) is 2. The lowest BCUT2D eigenvalue weighted by atomic mass is 9.31. The summed E-state index contributed by atoms with van der Waals surface area (Å²) in [7, 11) is 0. The van der Waals surface area contributed by atoms with Crippen LogP contribution in [0.25, 0.3) is 98.9 Å². The van der Waals surface area contributed by atoms with Crippen molar-refractivity contribution in [2.24, 2.45) is 0 Å². The van der Waals surface area contributed by atoms with E-state index in [4.69, 9.17) is 18.3 Å². The summed E-state index contributed by atoms with van der Waals surface area (Å²) < 4.78 is 31.9. The minimum atomic E-state index is -0.0579. The molecule has 0 spiro atoms. The minimum Gasteiger partial charge on any atom is -0.458 e. The molecule has 0 atom stereocenters. The Balaban J connectivity index is 0.956. The zero-order chi connectivity index (χ0) is 39.7. The molecule has 4 aliphatic heterocycles. The van der Waals surface area contributed by atoms with Crippen LogP contribution in [0, 0.1) is 0 Å². The Morgan fingerprint density at radius 2 is 0.774 bits per heavy atom. The molecule has 4 aliphatic rings. The first-order valence-electron chi connectivity index (χ1n) is 21.3. The lowest BCUT2D eigenvalue weighted by Gasteiger charge is -2.36. The van der Waals surface area contributed by atoms with Gasteiger partial charge in [-0.1, -0.05) is 91.0 Å². The van der Waals surface area contributed by atoms with Gasteiger partial charge in [-0.05, 0) is 93.4 Å². The number of para-hydroxylation sites is 4. The molecule has 0 radical (unpaired) electrons. The van der Waals surface area contributed by atoms with Crippen LogP contribution in [0.5, 0.6) is 23.0 Å². The van der Waals surface area contributed by atoms with E-state index < -0.39 is 0 Å². The van der Waals surface area contributed by atoms with Gasteiger partial charge < -0.3 is 27.4 Å². The molecule has 0 amide bonds. The van der Waals surface area contributed by atoms with Gasteiger partial charge in [-0.2, -0.15) is 0 Å². The molecule has 17 rings (SSSR count). The van der Waals surface area contributed by atoms with Gasteiger partial charge in [0.15, 0.2) is 0 Å². The predicted molar refractivity (Wildman–Crippen MR) is 252 cm³/mol. The highest BCUT2D eigenvalue weighted by Gasteiger charge is 2.45. The minimum absolute atomic E-state index is 0.0579. The number of fused-ring (bicyclic) bond motifs is 22. The molecule has 0 aliphatic carbocycles. The first kappa shape index (κ1) is 30.9. The highest BCUT2D eigenvalue weighted by molar-refractivity contribution is 7.02. The number of benzene rings is 9. The maximum Gasteiger partial charge on any atom is 0.256 e. The number of furan rings is 2. The van der Waals surface area contributed by atoms with E-state index in [1.807, 2.05) is 12.1 Å².